The highest BCUT2D eigenvalue weighted by molar-refractivity contribution is 5.97. The fourth-order valence-corrected chi connectivity index (χ4v) is 1.41. The molecule has 1 amide bonds. The molecule has 0 saturated carbocycles. The molecule has 17 heavy (non-hydrogen) atoms. The minimum atomic E-state index is -0.271. The fourth-order valence-electron chi connectivity index (χ4n) is 1.41. The number of aromatic nitrogens is 4. The van der Waals surface area contributed by atoms with Crippen LogP contribution in [-0.4, -0.2) is 32.2 Å². The van der Waals surface area contributed by atoms with E-state index in [1.807, 2.05) is 10.8 Å². The molecular formula is C10H14N6O. The maximum Gasteiger partial charge on any atom is 0.274 e. The quantitative estimate of drug-likeness (QED) is 0.689. The fraction of sp³-hybridized carbons (Fsp3) is 0.300. The highest BCUT2D eigenvalue weighted by Crippen LogP contribution is 2.11. The third-order valence-corrected chi connectivity index (χ3v) is 2.42. The minimum absolute atomic E-state index is 0.244. The first-order valence-electron chi connectivity index (χ1n) is 5.23. The summed E-state index contributed by atoms with van der Waals surface area (Å²) in [6.07, 6.45) is 5.22. The number of nitrogens with one attached hydrogen (secondary N) is 2. The van der Waals surface area contributed by atoms with Crippen LogP contribution in [0.1, 0.15) is 16.2 Å². The van der Waals surface area contributed by atoms with Gasteiger partial charge < -0.3 is 15.6 Å². The summed E-state index contributed by atoms with van der Waals surface area (Å²) in [6.45, 7) is 2.93. The first-order chi connectivity index (χ1) is 8.18. The standard InChI is InChI=1S/C10H14N6O/c1-7-8(11)9(15-14-7)10(17)13-3-5-16-4-2-12-6-16/h2,4,6H,3,5,11H2,1H3,(H,13,17)(H,14,15). The van der Waals surface area contributed by atoms with E-state index in [0.29, 0.717) is 24.5 Å². The van der Waals surface area contributed by atoms with Crippen molar-refractivity contribution in [1.29, 1.82) is 0 Å². The van der Waals surface area contributed by atoms with Crippen LogP contribution in [0.3, 0.4) is 0 Å². The van der Waals surface area contributed by atoms with Crippen molar-refractivity contribution in [3.63, 3.8) is 0 Å². The van der Waals surface area contributed by atoms with Gasteiger partial charge in [-0.3, -0.25) is 9.89 Å². The summed E-state index contributed by atoms with van der Waals surface area (Å²) < 4.78 is 1.87. The van der Waals surface area contributed by atoms with Gasteiger partial charge in [-0.2, -0.15) is 5.10 Å². The average molecular weight is 234 g/mol. The van der Waals surface area contributed by atoms with Crippen molar-refractivity contribution in [1.82, 2.24) is 25.1 Å². The van der Waals surface area contributed by atoms with Gasteiger partial charge >= 0.3 is 0 Å². The summed E-state index contributed by atoms with van der Waals surface area (Å²) in [5.74, 6) is -0.271. The first-order valence-corrected chi connectivity index (χ1v) is 5.23. The number of amides is 1. The number of rotatable bonds is 4. The molecule has 0 aliphatic heterocycles. The number of carbonyl (C=O) groups excluding carboxylic acids is 1. The SMILES string of the molecule is Cc1[nH]nc(C(=O)NCCn2ccnc2)c1N. The van der Waals surface area contributed by atoms with Crippen LogP contribution >= 0.6 is 0 Å². The molecule has 0 unspecified atom stereocenters. The van der Waals surface area contributed by atoms with Gasteiger partial charge in [-0.05, 0) is 6.92 Å². The molecule has 90 valence electrons. The third-order valence-electron chi connectivity index (χ3n) is 2.42. The molecule has 0 aromatic carbocycles. The molecule has 7 heteroatoms. The maximum absolute atomic E-state index is 11.7. The number of aryl methyl sites for hydroxylation is 1. The second kappa shape index (κ2) is 4.69. The second-order valence-electron chi connectivity index (χ2n) is 3.67. The molecule has 2 aromatic rings. The Bertz CT molecular complexity index is 501. The second-order valence-corrected chi connectivity index (χ2v) is 3.67. The van der Waals surface area contributed by atoms with E-state index in [1.165, 1.54) is 0 Å². The molecule has 0 fully saturated rings. The Morgan fingerprint density at radius 3 is 3.06 bits per heavy atom. The van der Waals surface area contributed by atoms with Crippen LogP contribution in [0, 0.1) is 6.92 Å². The van der Waals surface area contributed by atoms with Crippen LogP contribution in [0.2, 0.25) is 0 Å². The van der Waals surface area contributed by atoms with Gasteiger partial charge in [0.2, 0.25) is 0 Å². The number of nitrogens with zero attached hydrogens (tertiary/aromatic N) is 3. The number of H-pyrrole nitrogens is 1. The van der Waals surface area contributed by atoms with Crippen LogP contribution in [0.4, 0.5) is 5.69 Å². The Balaban J connectivity index is 1.87. The number of nitrogen functional groups attached to an aromatic ring is 1. The average Bonchev–Trinajstić information content (AvgIpc) is 2.91. The smallest absolute Gasteiger partial charge is 0.274 e. The van der Waals surface area contributed by atoms with Crippen molar-refractivity contribution in [2.45, 2.75) is 13.5 Å². The highest BCUT2D eigenvalue weighted by atomic mass is 16.1. The molecule has 2 aromatic heterocycles. The van der Waals surface area contributed by atoms with Crippen LogP contribution < -0.4 is 11.1 Å². The van der Waals surface area contributed by atoms with Gasteiger partial charge in [-0.1, -0.05) is 0 Å². The van der Waals surface area contributed by atoms with Gasteiger partial charge in [-0.25, -0.2) is 4.98 Å². The Labute approximate surface area is 98.0 Å². The summed E-state index contributed by atoms with van der Waals surface area (Å²) >= 11 is 0. The van der Waals surface area contributed by atoms with Gasteiger partial charge in [-0.15, -0.1) is 0 Å². The topological polar surface area (TPSA) is 102 Å². The summed E-state index contributed by atoms with van der Waals surface area (Å²) in [7, 11) is 0. The first kappa shape index (κ1) is 11.2. The molecule has 0 saturated heterocycles. The van der Waals surface area contributed by atoms with Gasteiger partial charge in [0.15, 0.2) is 5.69 Å². The van der Waals surface area contributed by atoms with E-state index in [-0.39, 0.29) is 11.6 Å². The van der Waals surface area contributed by atoms with Crippen molar-refractivity contribution >= 4 is 11.6 Å². The van der Waals surface area contributed by atoms with Crippen LogP contribution in [0.25, 0.3) is 0 Å². The molecule has 0 aliphatic rings. The molecule has 2 heterocycles. The van der Waals surface area contributed by atoms with Gasteiger partial charge in [0.05, 0.1) is 17.7 Å². The lowest BCUT2D eigenvalue weighted by atomic mass is 10.3. The molecule has 0 bridgehead atoms. The summed E-state index contributed by atoms with van der Waals surface area (Å²) in [6, 6.07) is 0. The number of carbonyl (C=O) groups is 1. The van der Waals surface area contributed by atoms with Crippen LogP contribution in [0.15, 0.2) is 18.7 Å². The third kappa shape index (κ3) is 2.44. The summed E-state index contributed by atoms with van der Waals surface area (Å²) in [5.41, 5.74) is 7.04. The zero-order valence-electron chi connectivity index (χ0n) is 9.47. The summed E-state index contributed by atoms with van der Waals surface area (Å²) in [4.78, 5) is 15.6. The molecule has 0 spiro atoms. The predicted molar refractivity (Wildman–Crippen MR) is 62.3 cm³/mol. The molecule has 4 N–H and O–H groups in total. The molecule has 0 aliphatic carbocycles. The van der Waals surface area contributed by atoms with E-state index in [9.17, 15) is 4.79 Å². The van der Waals surface area contributed by atoms with Gasteiger partial charge in [0.1, 0.15) is 0 Å². The molecule has 2 rings (SSSR count). The van der Waals surface area contributed by atoms with Crippen molar-refractivity contribution in [3.8, 4) is 0 Å². The number of imidazole rings is 1. The summed E-state index contributed by atoms with van der Waals surface area (Å²) in [5, 5.41) is 9.26. The van der Waals surface area contributed by atoms with Crippen molar-refractivity contribution in [2.75, 3.05) is 12.3 Å². The van der Waals surface area contributed by atoms with Crippen LogP contribution in [-0.2, 0) is 6.54 Å². The largest absolute Gasteiger partial charge is 0.395 e. The Morgan fingerprint density at radius 1 is 1.65 bits per heavy atom. The monoisotopic (exact) mass is 234 g/mol. The predicted octanol–water partition coefficient (Wildman–Crippen LogP) is -0.0732. The number of nitrogens with two attached hydrogens (primary N) is 1. The molecule has 0 radical (unpaired) electrons. The lowest BCUT2D eigenvalue weighted by Gasteiger charge is -2.04. The van der Waals surface area contributed by atoms with Crippen molar-refractivity contribution in [2.24, 2.45) is 0 Å². The Morgan fingerprint density at radius 2 is 2.47 bits per heavy atom. The zero-order valence-corrected chi connectivity index (χ0v) is 9.47. The Hall–Kier alpha value is -2.31. The van der Waals surface area contributed by atoms with E-state index in [0.717, 1.165) is 0 Å². The zero-order chi connectivity index (χ0) is 12.3. The van der Waals surface area contributed by atoms with E-state index >= 15 is 0 Å². The lowest BCUT2D eigenvalue weighted by molar-refractivity contribution is 0.0948. The van der Waals surface area contributed by atoms with Gasteiger partial charge in [0, 0.05) is 25.5 Å². The number of hydrogen-bond acceptors (Lipinski definition) is 4. The number of anilines is 1. The van der Waals surface area contributed by atoms with Crippen LogP contribution in [0.5, 0.6) is 0 Å². The molecule has 0 atom stereocenters. The highest BCUT2D eigenvalue weighted by Gasteiger charge is 2.14. The van der Waals surface area contributed by atoms with Crippen molar-refractivity contribution in [3.05, 3.63) is 30.1 Å². The number of aromatic amines is 1. The van der Waals surface area contributed by atoms with E-state index in [4.69, 9.17) is 5.73 Å². The Kier molecular flexibility index (Phi) is 3.08. The minimum Gasteiger partial charge on any atom is -0.395 e. The molecular weight excluding hydrogens is 220 g/mol. The normalized spacial score (nSPS) is 10.4. The van der Waals surface area contributed by atoms with Crippen molar-refractivity contribution < 1.29 is 4.79 Å². The molecule has 7 nitrogen and oxygen atoms in total. The van der Waals surface area contributed by atoms with E-state index in [1.54, 1.807) is 19.4 Å². The van der Waals surface area contributed by atoms with Gasteiger partial charge in [0.25, 0.3) is 5.91 Å². The van der Waals surface area contributed by atoms with E-state index < -0.39 is 0 Å². The van der Waals surface area contributed by atoms with E-state index in [2.05, 4.69) is 20.5 Å². The number of hydrogen-bond donors (Lipinski definition) is 3. The maximum atomic E-state index is 11.7. The lowest BCUT2D eigenvalue weighted by Crippen LogP contribution is -2.27.